The second-order valence-corrected chi connectivity index (χ2v) is 6.60. The van der Waals surface area contributed by atoms with Crippen molar-refractivity contribution in [2.24, 2.45) is 5.92 Å². The molecule has 132 valence electrons. The van der Waals surface area contributed by atoms with Gasteiger partial charge in [0.15, 0.2) is 0 Å². The molecule has 2 N–H and O–H groups in total. The predicted molar refractivity (Wildman–Crippen MR) is 97.6 cm³/mol. The first-order valence-electron chi connectivity index (χ1n) is 8.57. The number of hydrogen-bond acceptors (Lipinski definition) is 3. The summed E-state index contributed by atoms with van der Waals surface area (Å²) in [7, 11) is 1.78. The third-order valence-corrected chi connectivity index (χ3v) is 4.44. The molecule has 1 fully saturated rings. The minimum Gasteiger partial charge on any atom is -0.489 e. The van der Waals surface area contributed by atoms with Crippen molar-refractivity contribution in [1.29, 1.82) is 0 Å². The summed E-state index contributed by atoms with van der Waals surface area (Å²) in [6.07, 6.45) is 1.38. The minimum absolute atomic E-state index is 0.139. The van der Waals surface area contributed by atoms with Crippen molar-refractivity contribution >= 4 is 11.7 Å². The van der Waals surface area contributed by atoms with Crippen LogP contribution in [0.3, 0.4) is 0 Å². The molecule has 2 amide bonds. The molecule has 0 spiro atoms. The molecule has 2 aromatic rings. The molecule has 5 heteroatoms. The number of anilines is 1. The van der Waals surface area contributed by atoms with E-state index in [1.807, 2.05) is 54.6 Å². The van der Waals surface area contributed by atoms with Gasteiger partial charge in [-0.05, 0) is 48.6 Å². The van der Waals surface area contributed by atoms with E-state index in [4.69, 9.17) is 4.74 Å². The average Bonchev–Trinajstić information content (AvgIpc) is 2.60. The zero-order valence-electron chi connectivity index (χ0n) is 14.4. The molecule has 1 aliphatic rings. The lowest BCUT2D eigenvalue weighted by Gasteiger charge is -2.34. The van der Waals surface area contributed by atoms with Gasteiger partial charge in [-0.1, -0.05) is 30.3 Å². The molecule has 0 unspecified atom stereocenters. The Kier molecular flexibility index (Phi) is 5.56. The number of hydrogen-bond donors (Lipinski definition) is 2. The van der Waals surface area contributed by atoms with Crippen LogP contribution in [0.15, 0.2) is 54.6 Å². The van der Waals surface area contributed by atoms with Gasteiger partial charge in [0.25, 0.3) is 0 Å². The van der Waals surface area contributed by atoms with Crippen LogP contribution < -0.4 is 10.1 Å². The van der Waals surface area contributed by atoms with Crippen LogP contribution in [-0.4, -0.2) is 35.7 Å². The summed E-state index contributed by atoms with van der Waals surface area (Å²) in [4.78, 5) is 13.8. The molecular weight excluding hydrogens is 316 g/mol. The number of carbonyl (C=O) groups is 1. The van der Waals surface area contributed by atoms with Crippen LogP contribution in [-0.2, 0) is 6.61 Å². The second-order valence-electron chi connectivity index (χ2n) is 6.60. The summed E-state index contributed by atoms with van der Waals surface area (Å²) in [6.45, 7) is 1.18. The Hall–Kier alpha value is -2.53. The third kappa shape index (κ3) is 4.97. The van der Waals surface area contributed by atoms with Crippen LogP contribution in [0, 0.1) is 5.92 Å². The van der Waals surface area contributed by atoms with Gasteiger partial charge >= 0.3 is 6.03 Å². The molecule has 3 rings (SSSR count). The monoisotopic (exact) mass is 340 g/mol. The maximum Gasteiger partial charge on any atom is 0.321 e. The van der Waals surface area contributed by atoms with Crippen LogP contribution in [0.25, 0.3) is 0 Å². The molecular formula is C20H24N2O3. The molecule has 1 saturated carbocycles. The van der Waals surface area contributed by atoms with Gasteiger partial charge in [0.2, 0.25) is 0 Å². The van der Waals surface area contributed by atoms with Gasteiger partial charge < -0.3 is 20.1 Å². The van der Waals surface area contributed by atoms with E-state index in [2.05, 4.69) is 5.32 Å². The summed E-state index contributed by atoms with van der Waals surface area (Å²) in [5.74, 6) is 1.16. The maximum absolute atomic E-state index is 12.2. The van der Waals surface area contributed by atoms with Gasteiger partial charge in [-0.15, -0.1) is 0 Å². The number of aliphatic hydroxyl groups excluding tert-OH is 1. The number of amides is 2. The molecule has 5 nitrogen and oxygen atoms in total. The summed E-state index contributed by atoms with van der Waals surface area (Å²) in [5, 5.41) is 12.2. The molecule has 25 heavy (non-hydrogen) atoms. The normalized spacial score (nSPS) is 19.0. The number of carbonyl (C=O) groups excluding carboxylic acids is 1. The standard InChI is InChI=1S/C20H24N2O3/c1-22(13-16-11-18(23)12-16)20(24)21-17-7-9-19(10-8-17)25-14-15-5-3-2-4-6-15/h2-10,16,18,23H,11-14H2,1H3,(H,21,24). The number of urea groups is 1. The van der Waals surface area contributed by atoms with E-state index < -0.39 is 0 Å². The minimum atomic E-state index is -0.190. The van der Waals surface area contributed by atoms with E-state index in [1.54, 1.807) is 11.9 Å². The molecule has 2 aromatic carbocycles. The van der Waals surface area contributed by atoms with Crippen molar-refractivity contribution < 1.29 is 14.6 Å². The van der Waals surface area contributed by atoms with E-state index in [-0.39, 0.29) is 12.1 Å². The maximum atomic E-state index is 12.2. The van der Waals surface area contributed by atoms with Crippen LogP contribution in [0.1, 0.15) is 18.4 Å². The lowest BCUT2D eigenvalue weighted by atomic mass is 9.82. The quantitative estimate of drug-likeness (QED) is 0.846. The highest BCUT2D eigenvalue weighted by Crippen LogP contribution is 2.27. The predicted octanol–water partition coefficient (Wildman–Crippen LogP) is 3.50. The molecule has 0 aliphatic heterocycles. The Morgan fingerprint density at radius 2 is 1.84 bits per heavy atom. The number of ether oxygens (including phenoxy) is 1. The third-order valence-electron chi connectivity index (χ3n) is 4.44. The summed E-state index contributed by atoms with van der Waals surface area (Å²) in [6, 6.07) is 17.2. The number of nitrogens with zero attached hydrogens (tertiary/aromatic N) is 1. The van der Waals surface area contributed by atoms with Crippen molar-refractivity contribution in [2.75, 3.05) is 18.9 Å². The summed E-state index contributed by atoms with van der Waals surface area (Å²) >= 11 is 0. The smallest absolute Gasteiger partial charge is 0.321 e. The van der Waals surface area contributed by atoms with E-state index in [0.717, 1.165) is 29.8 Å². The molecule has 0 aromatic heterocycles. The van der Waals surface area contributed by atoms with E-state index in [0.29, 0.717) is 19.1 Å². The first-order chi connectivity index (χ1) is 12.1. The fourth-order valence-electron chi connectivity index (χ4n) is 2.91. The molecule has 0 heterocycles. The first-order valence-corrected chi connectivity index (χ1v) is 8.57. The Balaban J connectivity index is 1.46. The van der Waals surface area contributed by atoms with Crippen molar-refractivity contribution in [2.45, 2.75) is 25.6 Å². The lowest BCUT2D eigenvalue weighted by molar-refractivity contribution is 0.0332. The molecule has 0 radical (unpaired) electrons. The Bertz CT molecular complexity index is 682. The zero-order valence-corrected chi connectivity index (χ0v) is 14.4. The highest BCUT2D eigenvalue weighted by molar-refractivity contribution is 5.89. The Morgan fingerprint density at radius 1 is 1.16 bits per heavy atom. The fourth-order valence-corrected chi connectivity index (χ4v) is 2.91. The Labute approximate surface area is 148 Å². The van der Waals surface area contributed by atoms with Gasteiger partial charge in [0, 0.05) is 19.3 Å². The number of benzene rings is 2. The van der Waals surface area contributed by atoms with E-state index in [1.165, 1.54) is 0 Å². The number of nitrogens with one attached hydrogen (secondary N) is 1. The largest absolute Gasteiger partial charge is 0.489 e. The topological polar surface area (TPSA) is 61.8 Å². The molecule has 0 atom stereocenters. The second kappa shape index (κ2) is 8.03. The summed E-state index contributed by atoms with van der Waals surface area (Å²) < 4.78 is 5.74. The van der Waals surface area contributed by atoms with Gasteiger partial charge in [0.1, 0.15) is 12.4 Å². The zero-order chi connectivity index (χ0) is 17.6. The number of rotatable bonds is 6. The highest BCUT2D eigenvalue weighted by atomic mass is 16.5. The van der Waals surface area contributed by atoms with Crippen molar-refractivity contribution in [3.05, 3.63) is 60.2 Å². The van der Waals surface area contributed by atoms with Crippen molar-refractivity contribution in [3.8, 4) is 5.75 Å². The number of aliphatic hydroxyl groups is 1. The SMILES string of the molecule is CN(CC1CC(O)C1)C(=O)Nc1ccc(OCc2ccccc2)cc1. The van der Waals surface area contributed by atoms with Crippen LogP contribution in [0.4, 0.5) is 10.5 Å². The van der Waals surface area contributed by atoms with Crippen molar-refractivity contribution in [1.82, 2.24) is 4.90 Å². The molecule has 0 saturated heterocycles. The molecule has 1 aliphatic carbocycles. The van der Waals surface area contributed by atoms with E-state index >= 15 is 0 Å². The van der Waals surface area contributed by atoms with Crippen LogP contribution in [0.5, 0.6) is 5.75 Å². The van der Waals surface area contributed by atoms with Gasteiger partial charge in [-0.2, -0.15) is 0 Å². The average molecular weight is 340 g/mol. The Morgan fingerprint density at radius 3 is 2.48 bits per heavy atom. The fraction of sp³-hybridized carbons (Fsp3) is 0.350. The van der Waals surface area contributed by atoms with E-state index in [9.17, 15) is 9.90 Å². The molecule has 0 bridgehead atoms. The van der Waals surface area contributed by atoms with Crippen LogP contribution in [0.2, 0.25) is 0 Å². The van der Waals surface area contributed by atoms with Crippen LogP contribution >= 0.6 is 0 Å². The van der Waals surface area contributed by atoms with Gasteiger partial charge in [-0.25, -0.2) is 4.79 Å². The van der Waals surface area contributed by atoms with Crippen molar-refractivity contribution in [3.63, 3.8) is 0 Å². The van der Waals surface area contributed by atoms with Gasteiger partial charge in [0.05, 0.1) is 6.10 Å². The highest BCUT2D eigenvalue weighted by Gasteiger charge is 2.29. The summed E-state index contributed by atoms with van der Waals surface area (Å²) in [5.41, 5.74) is 1.85. The van der Waals surface area contributed by atoms with Gasteiger partial charge in [-0.3, -0.25) is 0 Å². The first kappa shape index (κ1) is 17.3. The lowest BCUT2D eigenvalue weighted by Crippen LogP contribution is -2.41.